The van der Waals surface area contributed by atoms with Crippen LogP contribution in [0, 0.1) is 13.8 Å². The quantitative estimate of drug-likeness (QED) is 0.828. The number of amides is 1. The van der Waals surface area contributed by atoms with Crippen molar-refractivity contribution in [1.82, 2.24) is 0 Å². The number of hydrogen-bond acceptors (Lipinski definition) is 3. The second kappa shape index (κ2) is 6.79. The van der Waals surface area contributed by atoms with Gasteiger partial charge >= 0.3 is 0 Å². The van der Waals surface area contributed by atoms with Crippen molar-refractivity contribution < 1.29 is 9.53 Å². The van der Waals surface area contributed by atoms with Crippen LogP contribution in [0.2, 0.25) is 0 Å². The van der Waals surface area contributed by atoms with Crippen LogP contribution in [0.4, 0.5) is 11.4 Å². The summed E-state index contributed by atoms with van der Waals surface area (Å²) in [7, 11) is 0. The van der Waals surface area contributed by atoms with Crippen molar-refractivity contribution in [3.05, 3.63) is 53.6 Å². The van der Waals surface area contributed by atoms with Crippen LogP contribution in [-0.2, 0) is 4.79 Å². The van der Waals surface area contributed by atoms with Gasteiger partial charge in [-0.05, 0) is 43.2 Å². The summed E-state index contributed by atoms with van der Waals surface area (Å²) < 4.78 is 5.50. The molecule has 4 nitrogen and oxygen atoms in total. The SMILES string of the molecule is Cc1cc(C)c(NC(=O)CCOc2ccccc2)cc1N. The number of anilines is 2. The molecule has 0 spiro atoms. The monoisotopic (exact) mass is 284 g/mol. The lowest BCUT2D eigenvalue weighted by Gasteiger charge is -2.11. The van der Waals surface area contributed by atoms with Crippen LogP contribution in [-0.4, -0.2) is 12.5 Å². The number of carbonyl (C=O) groups excluding carboxylic acids is 1. The lowest BCUT2D eigenvalue weighted by atomic mass is 10.1. The molecule has 2 rings (SSSR count). The molecule has 2 aromatic carbocycles. The van der Waals surface area contributed by atoms with Crippen LogP contribution in [0.3, 0.4) is 0 Å². The third kappa shape index (κ3) is 4.24. The first-order valence-electron chi connectivity index (χ1n) is 6.90. The minimum Gasteiger partial charge on any atom is -0.493 e. The Morgan fingerprint density at radius 1 is 1.14 bits per heavy atom. The van der Waals surface area contributed by atoms with Gasteiger partial charge in [0.1, 0.15) is 5.75 Å². The van der Waals surface area contributed by atoms with E-state index in [1.807, 2.05) is 50.2 Å². The molecular formula is C17H20N2O2. The highest BCUT2D eigenvalue weighted by Gasteiger charge is 2.07. The normalized spacial score (nSPS) is 10.2. The molecule has 0 saturated heterocycles. The van der Waals surface area contributed by atoms with E-state index in [0.29, 0.717) is 18.7 Å². The highest BCUT2D eigenvalue weighted by Crippen LogP contribution is 2.22. The fraction of sp³-hybridized carbons (Fsp3) is 0.235. The molecule has 0 fully saturated rings. The molecule has 0 heterocycles. The summed E-state index contributed by atoms with van der Waals surface area (Å²) in [6, 6.07) is 13.2. The van der Waals surface area contributed by atoms with E-state index in [0.717, 1.165) is 22.6 Å². The topological polar surface area (TPSA) is 64.3 Å². The van der Waals surface area contributed by atoms with Crippen molar-refractivity contribution in [2.75, 3.05) is 17.7 Å². The number of nitrogens with two attached hydrogens (primary N) is 1. The maximum absolute atomic E-state index is 11.9. The van der Waals surface area contributed by atoms with Crippen LogP contribution in [0.5, 0.6) is 5.75 Å². The Balaban J connectivity index is 1.86. The van der Waals surface area contributed by atoms with Gasteiger partial charge < -0.3 is 15.8 Å². The van der Waals surface area contributed by atoms with Crippen molar-refractivity contribution in [2.24, 2.45) is 0 Å². The average Bonchev–Trinajstić information content (AvgIpc) is 2.46. The Labute approximate surface area is 124 Å². The molecule has 0 aromatic heterocycles. The smallest absolute Gasteiger partial charge is 0.227 e. The summed E-state index contributed by atoms with van der Waals surface area (Å²) in [4.78, 5) is 11.9. The highest BCUT2D eigenvalue weighted by molar-refractivity contribution is 5.92. The molecule has 4 heteroatoms. The van der Waals surface area contributed by atoms with E-state index in [1.54, 1.807) is 6.07 Å². The fourth-order valence-electron chi connectivity index (χ4n) is 1.99. The van der Waals surface area contributed by atoms with Crippen molar-refractivity contribution >= 4 is 17.3 Å². The number of nitrogen functional groups attached to an aromatic ring is 1. The number of carbonyl (C=O) groups is 1. The van der Waals surface area contributed by atoms with E-state index in [2.05, 4.69) is 5.32 Å². The van der Waals surface area contributed by atoms with E-state index < -0.39 is 0 Å². The van der Waals surface area contributed by atoms with Gasteiger partial charge in [0.15, 0.2) is 0 Å². The van der Waals surface area contributed by atoms with Gasteiger partial charge in [0.2, 0.25) is 5.91 Å². The number of aryl methyl sites for hydroxylation is 2. The highest BCUT2D eigenvalue weighted by atomic mass is 16.5. The summed E-state index contributed by atoms with van der Waals surface area (Å²) in [6.45, 7) is 4.24. The molecule has 1 amide bonds. The molecule has 0 aliphatic carbocycles. The summed E-state index contributed by atoms with van der Waals surface area (Å²) in [5, 5.41) is 2.87. The summed E-state index contributed by atoms with van der Waals surface area (Å²) in [5.41, 5.74) is 9.31. The van der Waals surface area contributed by atoms with Gasteiger partial charge in [-0.25, -0.2) is 0 Å². The zero-order valence-electron chi connectivity index (χ0n) is 12.3. The third-order valence-electron chi connectivity index (χ3n) is 3.23. The molecule has 110 valence electrons. The average molecular weight is 284 g/mol. The molecule has 0 bridgehead atoms. The van der Waals surface area contributed by atoms with Crippen LogP contribution in [0.1, 0.15) is 17.5 Å². The fourth-order valence-corrected chi connectivity index (χ4v) is 1.99. The first kappa shape index (κ1) is 14.9. The number of ether oxygens (including phenoxy) is 1. The predicted octanol–water partition coefficient (Wildman–Crippen LogP) is 3.29. The van der Waals surface area contributed by atoms with Gasteiger partial charge in [0.25, 0.3) is 0 Å². The zero-order valence-corrected chi connectivity index (χ0v) is 12.3. The maximum Gasteiger partial charge on any atom is 0.227 e. The van der Waals surface area contributed by atoms with Crippen LogP contribution < -0.4 is 15.8 Å². The van der Waals surface area contributed by atoms with Gasteiger partial charge in [-0.3, -0.25) is 4.79 Å². The molecule has 0 atom stereocenters. The lowest BCUT2D eigenvalue weighted by Crippen LogP contribution is -2.16. The number of hydrogen-bond donors (Lipinski definition) is 2. The summed E-state index contributed by atoms with van der Waals surface area (Å²) in [6.07, 6.45) is 0.294. The van der Waals surface area contributed by atoms with E-state index >= 15 is 0 Å². The van der Waals surface area contributed by atoms with Crippen molar-refractivity contribution in [2.45, 2.75) is 20.3 Å². The molecule has 2 aromatic rings. The Bertz CT molecular complexity index is 624. The van der Waals surface area contributed by atoms with E-state index in [-0.39, 0.29) is 5.91 Å². The van der Waals surface area contributed by atoms with Gasteiger partial charge in [0, 0.05) is 11.4 Å². The van der Waals surface area contributed by atoms with Gasteiger partial charge in [-0.1, -0.05) is 24.3 Å². The van der Waals surface area contributed by atoms with E-state index in [9.17, 15) is 4.79 Å². The van der Waals surface area contributed by atoms with E-state index in [1.165, 1.54) is 0 Å². The minimum atomic E-state index is -0.0858. The molecule has 3 N–H and O–H groups in total. The molecular weight excluding hydrogens is 264 g/mol. The largest absolute Gasteiger partial charge is 0.493 e. The molecule has 0 radical (unpaired) electrons. The second-order valence-corrected chi connectivity index (χ2v) is 4.98. The molecule has 0 unspecified atom stereocenters. The predicted molar refractivity (Wildman–Crippen MR) is 85.5 cm³/mol. The van der Waals surface area contributed by atoms with Crippen LogP contribution in [0.25, 0.3) is 0 Å². The maximum atomic E-state index is 11.9. The van der Waals surface area contributed by atoms with Crippen molar-refractivity contribution in [3.63, 3.8) is 0 Å². The molecule has 21 heavy (non-hydrogen) atoms. The lowest BCUT2D eigenvalue weighted by molar-refractivity contribution is -0.116. The zero-order chi connectivity index (χ0) is 15.2. The first-order chi connectivity index (χ1) is 10.1. The standard InChI is InChI=1S/C17H20N2O2/c1-12-10-13(2)16(11-15(12)18)19-17(20)8-9-21-14-6-4-3-5-7-14/h3-7,10-11H,8-9,18H2,1-2H3,(H,19,20). The Kier molecular flexibility index (Phi) is 4.82. The Morgan fingerprint density at radius 3 is 2.57 bits per heavy atom. The first-order valence-corrected chi connectivity index (χ1v) is 6.90. The number of para-hydroxylation sites is 1. The third-order valence-corrected chi connectivity index (χ3v) is 3.23. The van der Waals surface area contributed by atoms with Gasteiger partial charge in [-0.15, -0.1) is 0 Å². The molecule has 0 aliphatic heterocycles. The van der Waals surface area contributed by atoms with Gasteiger partial charge in [-0.2, -0.15) is 0 Å². The number of benzene rings is 2. The van der Waals surface area contributed by atoms with E-state index in [4.69, 9.17) is 10.5 Å². The Hall–Kier alpha value is -2.49. The van der Waals surface area contributed by atoms with Crippen molar-refractivity contribution in [1.29, 1.82) is 0 Å². The summed E-state index contributed by atoms with van der Waals surface area (Å²) >= 11 is 0. The van der Waals surface area contributed by atoms with Crippen molar-refractivity contribution in [3.8, 4) is 5.75 Å². The molecule has 0 saturated carbocycles. The van der Waals surface area contributed by atoms with Crippen LogP contribution >= 0.6 is 0 Å². The number of rotatable bonds is 5. The Morgan fingerprint density at radius 2 is 1.86 bits per heavy atom. The second-order valence-electron chi connectivity index (χ2n) is 4.98. The van der Waals surface area contributed by atoms with Crippen LogP contribution in [0.15, 0.2) is 42.5 Å². The number of nitrogens with one attached hydrogen (secondary N) is 1. The molecule has 0 aliphatic rings. The van der Waals surface area contributed by atoms with Gasteiger partial charge in [0.05, 0.1) is 13.0 Å². The minimum absolute atomic E-state index is 0.0858. The summed E-state index contributed by atoms with van der Waals surface area (Å²) in [5.74, 6) is 0.679.